The first-order valence-electron chi connectivity index (χ1n) is 6.39. The maximum atomic E-state index is 12.2. The van der Waals surface area contributed by atoms with Gasteiger partial charge in [-0.2, -0.15) is 0 Å². The summed E-state index contributed by atoms with van der Waals surface area (Å²) in [7, 11) is 0. The molecule has 2 aliphatic rings. The Morgan fingerprint density at radius 2 is 2.00 bits per heavy atom. The van der Waals surface area contributed by atoms with E-state index in [4.69, 9.17) is 0 Å². The van der Waals surface area contributed by atoms with Crippen molar-refractivity contribution < 1.29 is 9.90 Å². The summed E-state index contributed by atoms with van der Waals surface area (Å²) in [6, 6.07) is 0.138. The smallest absolute Gasteiger partial charge is 0.239 e. The van der Waals surface area contributed by atoms with Crippen molar-refractivity contribution >= 4 is 5.91 Å². The van der Waals surface area contributed by atoms with E-state index in [9.17, 15) is 9.90 Å². The van der Waals surface area contributed by atoms with E-state index in [0.717, 1.165) is 45.3 Å². The van der Waals surface area contributed by atoms with Gasteiger partial charge in [0, 0.05) is 19.1 Å². The zero-order chi connectivity index (χ0) is 11.5. The van der Waals surface area contributed by atoms with Gasteiger partial charge in [0.1, 0.15) is 0 Å². The molecule has 16 heavy (non-hydrogen) atoms. The first kappa shape index (κ1) is 11.9. The van der Waals surface area contributed by atoms with E-state index in [1.54, 1.807) is 0 Å². The maximum Gasteiger partial charge on any atom is 0.239 e. The number of nitrogens with zero attached hydrogens (tertiary/aromatic N) is 2. The van der Waals surface area contributed by atoms with Gasteiger partial charge in [-0.25, -0.2) is 0 Å². The van der Waals surface area contributed by atoms with Gasteiger partial charge < -0.3 is 10.0 Å². The molecule has 2 rings (SSSR count). The Bertz CT molecular complexity index is 251. The van der Waals surface area contributed by atoms with Crippen LogP contribution in [0.1, 0.15) is 32.6 Å². The lowest BCUT2D eigenvalue weighted by Crippen LogP contribution is -2.49. The Kier molecular flexibility index (Phi) is 3.82. The van der Waals surface area contributed by atoms with E-state index in [1.807, 2.05) is 11.8 Å². The number of likely N-dealkylation sites (tertiary alicyclic amines) is 2. The number of hydrogen-bond acceptors (Lipinski definition) is 3. The topological polar surface area (TPSA) is 43.8 Å². The van der Waals surface area contributed by atoms with E-state index >= 15 is 0 Å². The Morgan fingerprint density at radius 1 is 1.31 bits per heavy atom. The van der Waals surface area contributed by atoms with Gasteiger partial charge in [-0.05, 0) is 39.2 Å². The fourth-order valence-corrected chi connectivity index (χ4v) is 2.91. The third kappa shape index (κ3) is 2.23. The molecule has 0 saturated carbocycles. The summed E-state index contributed by atoms with van der Waals surface area (Å²) in [6.07, 6.45) is 4.40. The number of amides is 1. The van der Waals surface area contributed by atoms with E-state index in [1.165, 1.54) is 0 Å². The molecule has 0 spiro atoms. The average molecular weight is 226 g/mol. The highest BCUT2D eigenvalue weighted by atomic mass is 16.3. The summed E-state index contributed by atoms with van der Waals surface area (Å²) < 4.78 is 0. The summed E-state index contributed by atoms with van der Waals surface area (Å²) in [5, 5.41) is 9.27. The molecular formula is C12H22N2O2. The lowest BCUT2D eigenvalue weighted by Gasteiger charge is -2.31. The second-order valence-electron chi connectivity index (χ2n) is 4.92. The molecule has 1 amide bonds. The van der Waals surface area contributed by atoms with Gasteiger partial charge in [-0.1, -0.05) is 0 Å². The minimum Gasteiger partial charge on any atom is -0.395 e. The summed E-state index contributed by atoms with van der Waals surface area (Å²) >= 11 is 0. The van der Waals surface area contributed by atoms with Crippen molar-refractivity contribution in [1.29, 1.82) is 0 Å². The van der Waals surface area contributed by atoms with Crippen LogP contribution in [0.2, 0.25) is 0 Å². The fourth-order valence-electron chi connectivity index (χ4n) is 2.91. The highest BCUT2D eigenvalue weighted by Crippen LogP contribution is 2.21. The Balaban J connectivity index is 1.94. The standard InChI is InChI=1S/C12H22N2O2/c1-10(12(16)13-6-2-3-7-13)14-8-4-5-11(14)9-15/h10-11,15H,2-9H2,1H3. The van der Waals surface area contributed by atoms with Gasteiger partial charge in [0.15, 0.2) is 0 Å². The van der Waals surface area contributed by atoms with Crippen molar-refractivity contribution in [2.75, 3.05) is 26.2 Å². The van der Waals surface area contributed by atoms with Crippen LogP contribution in [-0.2, 0) is 4.79 Å². The van der Waals surface area contributed by atoms with E-state index in [0.29, 0.717) is 0 Å². The van der Waals surface area contributed by atoms with Gasteiger partial charge in [0.2, 0.25) is 5.91 Å². The van der Waals surface area contributed by atoms with Gasteiger partial charge in [-0.15, -0.1) is 0 Å². The number of carbonyl (C=O) groups excluding carboxylic acids is 1. The Labute approximate surface area is 97.2 Å². The molecule has 2 saturated heterocycles. The Morgan fingerprint density at radius 3 is 2.62 bits per heavy atom. The number of carbonyl (C=O) groups is 1. The maximum absolute atomic E-state index is 12.2. The van der Waals surface area contributed by atoms with Crippen molar-refractivity contribution in [2.24, 2.45) is 0 Å². The second kappa shape index (κ2) is 5.15. The summed E-state index contributed by atoms with van der Waals surface area (Å²) in [5.41, 5.74) is 0. The first-order valence-corrected chi connectivity index (χ1v) is 6.39. The van der Waals surface area contributed by atoms with Crippen LogP contribution in [0.25, 0.3) is 0 Å². The van der Waals surface area contributed by atoms with Crippen LogP contribution in [0.3, 0.4) is 0 Å². The summed E-state index contributed by atoms with van der Waals surface area (Å²) in [6.45, 7) is 4.94. The third-order valence-electron chi connectivity index (χ3n) is 3.91. The highest BCUT2D eigenvalue weighted by Gasteiger charge is 2.34. The largest absolute Gasteiger partial charge is 0.395 e. The van der Waals surface area contributed by atoms with Crippen molar-refractivity contribution in [1.82, 2.24) is 9.80 Å². The van der Waals surface area contributed by atoms with E-state index in [-0.39, 0.29) is 24.6 Å². The molecule has 4 nitrogen and oxygen atoms in total. The molecule has 2 unspecified atom stereocenters. The summed E-state index contributed by atoms with van der Waals surface area (Å²) in [4.78, 5) is 16.3. The molecular weight excluding hydrogens is 204 g/mol. The monoisotopic (exact) mass is 226 g/mol. The van der Waals surface area contributed by atoms with Crippen LogP contribution >= 0.6 is 0 Å². The lowest BCUT2D eigenvalue weighted by atomic mass is 10.2. The summed E-state index contributed by atoms with van der Waals surface area (Å²) in [5.74, 6) is 0.248. The quantitative estimate of drug-likeness (QED) is 0.760. The highest BCUT2D eigenvalue weighted by molar-refractivity contribution is 5.81. The van der Waals surface area contributed by atoms with Gasteiger partial charge in [0.25, 0.3) is 0 Å². The molecule has 0 aromatic carbocycles. The van der Waals surface area contributed by atoms with Gasteiger partial charge >= 0.3 is 0 Å². The molecule has 0 bridgehead atoms. The molecule has 0 aromatic rings. The number of hydrogen-bond donors (Lipinski definition) is 1. The van der Waals surface area contributed by atoms with Crippen LogP contribution in [-0.4, -0.2) is 59.1 Å². The molecule has 2 atom stereocenters. The minimum absolute atomic E-state index is 0.0576. The molecule has 4 heteroatoms. The molecule has 2 heterocycles. The average Bonchev–Trinajstić information content (AvgIpc) is 2.97. The van der Waals surface area contributed by atoms with E-state index < -0.39 is 0 Å². The molecule has 0 aliphatic carbocycles. The van der Waals surface area contributed by atoms with Crippen molar-refractivity contribution in [3.63, 3.8) is 0 Å². The molecule has 92 valence electrons. The number of aliphatic hydroxyl groups is 1. The SMILES string of the molecule is CC(C(=O)N1CCCC1)N1CCCC1CO. The van der Waals surface area contributed by atoms with Crippen LogP contribution < -0.4 is 0 Å². The van der Waals surface area contributed by atoms with Crippen LogP contribution in [0.4, 0.5) is 0 Å². The van der Waals surface area contributed by atoms with Gasteiger partial charge in [-0.3, -0.25) is 9.69 Å². The predicted octanol–water partition coefficient (Wildman–Crippen LogP) is 0.454. The zero-order valence-electron chi connectivity index (χ0n) is 10.1. The molecule has 2 fully saturated rings. The fraction of sp³-hybridized carbons (Fsp3) is 0.917. The van der Waals surface area contributed by atoms with Crippen molar-refractivity contribution in [2.45, 2.75) is 44.7 Å². The van der Waals surface area contributed by atoms with E-state index in [2.05, 4.69) is 4.90 Å². The normalized spacial score (nSPS) is 28.6. The molecule has 2 aliphatic heterocycles. The minimum atomic E-state index is -0.0576. The van der Waals surface area contributed by atoms with Crippen LogP contribution in [0.5, 0.6) is 0 Å². The molecule has 0 radical (unpaired) electrons. The molecule has 0 aromatic heterocycles. The van der Waals surface area contributed by atoms with Crippen molar-refractivity contribution in [3.05, 3.63) is 0 Å². The lowest BCUT2D eigenvalue weighted by molar-refractivity contribution is -0.135. The number of rotatable bonds is 3. The first-order chi connectivity index (χ1) is 7.74. The second-order valence-corrected chi connectivity index (χ2v) is 4.92. The van der Waals surface area contributed by atoms with Crippen molar-refractivity contribution in [3.8, 4) is 0 Å². The third-order valence-corrected chi connectivity index (χ3v) is 3.91. The van der Waals surface area contributed by atoms with Gasteiger partial charge in [0.05, 0.1) is 12.6 Å². The predicted molar refractivity (Wildman–Crippen MR) is 62.1 cm³/mol. The molecule has 1 N–H and O–H groups in total. The zero-order valence-corrected chi connectivity index (χ0v) is 10.1. The Hall–Kier alpha value is -0.610. The van der Waals surface area contributed by atoms with Crippen LogP contribution in [0.15, 0.2) is 0 Å². The van der Waals surface area contributed by atoms with Crippen LogP contribution in [0, 0.1) is 0 Å². The number of aliphatic hydroxyl groups excluding tert-OH is 1.